The summed E-state index contributed by atoms with van der Waals surface area (Å²) in [6.45, 7) is 7.26. The quantitative estimate of drug-likeness (QED) is 0.880. The second-order valence-corrected chi connectivity index (χ2v) is 5.69. The fraction of sp³-hybridized carbons (Fsp3) is 0.312. The molecule has 2 aromatic rings. The molecule has 0 amide bonds. The van der Waals surface area contributed by atoms with Gasteiger partial charge in [0.25, 0.3) is 0 Å². The number of aromatic nitrogens is 1. The lowest BCUT2D eigenvalue weighted by atomic mass is 9.87. The number of hydrogen-bond acceptors (Lipinski definition) is 3. The van der Waals surface area contributed by atoms with Crippen LogP contribution in [-0.2, 0) is 12.0 Å². The topological polar surface area (TPSA) is 45.1 Å². The molecule has 0 spiro atoms. The molecule has 0 saturated carbocycles. The second-order valence-electron chi connectivity index (χ2n) is 5.69. The van der Waals surface area contributed by atoms with E-state index >= 15 is 0 Å². The standard InChI is InChI=1S/C16H20N2O/c1-16(2,3)12-4-6-13(7-5-12)17-10-14-8-9-15(19)11-18-14/h4-9,11,17,19H,10H2,1-3H3. The number of benzene rings is 1. The van der Waals surface area contributed by atoms with Gasteiger partial charge in [0.15, 0.2) is 0 Å². The van der Waals surface area contributed by atoms with Crippen molar-refractivity contribution < 1.29 is 5.11 Å². The molecule has 19 heavy (non-hydrogen) atoms. The molecule has 0 saturated heterocycles. The van der Waals surface area contributed by atoms with Crippen LogP contribution in [0.4, 0.5) is 5.69 Å². The highest BCUT2D eigenvalue weighted by atomic mass is 16.3. The van der Waals surface area contributed by atoms with Crippen LogP contribution in [0.2, 0.25) is 0 Å². The maximum Gasteiger partial charge on any atom is 0.133 e. The number of hydrogen-bond donors (Lipinski definition) is 2. The van der Waals surface area contributed by atoms with Crippen LogP contribution in [0, 0.1) is 0 Å². The summed E-state index contributed by atoms with van der Waals surface area (Å²) < 4.78 is 0. The SMILES string of the molecule is CC(C)(C)c1ccc(NCc2ccc(O)cn2)cc1. The van der Waals surface area contributed by atoms with Gasteiger partial charge >= 0.3 is 0 Å². The Morgan fingerprint density at radius 2 is 1.74 bits per heavy atom. The summed E-state index contributed by atoms with van der Waals surface area (Å²) in [6.07, 6.45) is 1.46. The van der Waals surface area contributed by atoms with E-state index in [1.54, 1.807) is 6.07 Å². The molecule has 0 atom stereocenters. The molecule has 3 nitrogen and oxygen atoms in total. The van der Waals surface area contributed by atoms with Crippen molar-refractivity contribution in [1.29, 1.82) is 0 Å². The molecule has 2 rings (SSSR count). The highest BCUT2D eigenvalue weighted by molar-refractivity contribution is 5.46. The van der Waals surface area contributed by atoms with Gasteiger partial charge in [-0.3, -0.25) is 4.98 Å². The zero-order valence-electron chi connectivity index (χ0n) is 11.6. The van der Waals surface area contributed by atoms with Gasteiger partial charge in [0, 0.05) is 5.69 Å². The molecule has 1 aromatic carbocycles. The van der Waals surface area contributed by atoms with Crippen LogP contribution in [0.25, 0.3) is 0 Å². The fourth-order valence-electron chi connectivity index (χ4n) is 1.80. The number of anilines is 1. The van der Waals surface area contributed by atoms with E-state index in [9.17, 15) is 0 Å². The molecule has 0 bridgehead atoms. The van der Waals surface area contributed by atoms with Crippen molar-refractivity contribution in [3.63, 3.8) is 0 Å². The van der Waals surface area contributed by atoms with Crippen molar-refractivity contribution in [1.82, 2.24) is 4.98 Å². The van der Waals surface area contributed by atoms with Gasteiger partial charge in [0.05, 0.1) is 18.4 Å². The first kappa shape index (κ1) is 13.4. The highest BCUT2D eigenvalue weighted by Crippen LogP contribution is 2.23. The molecule has 1 aromatic heterocycles. The molecule has 2 N–H and O–H groups in total. The Hall–Kier alpha value is -2.03. The van der Waals surface area contributed by atoms with Gasteiger partial charge in [-0.2, -0.15) is 0 Å². The highest BCUT2D eigenvalue weighted by Gasteiger charge is 2.12. The van der Waals surface area contributed by atoms with Crippen molar-refractivity contribution in [2.75, 3.05) is 5.32 Å². The lowest BCUT2D eigenvalue weighted by Crippen LogP contribution is -2.10. The van der Waals surface area contributed by atoms with Crippen LogP contribution in [0.15, 0.2) is 42.6 Å². The van der Waals surface area contributed by atoms with Crippen molar-refractivity contribution in [2.45, 2.75) is 32.7 Å². The Morgan fingerprint density at radius 3 is 2.26 bits per heavy atom. The van der Waals surface area contributed by atoms with E-state index in [0.29, 0.717) is 6.54 Å². The molecule has 100 valence electrons. The summed E-state index contributed by atoms with van der Waals surface area (Å²) >= 11 is 0. The zero-order chi connectivity index (χ0) is 13.9. The molecular weight excluding hydrogens is 236 g/mol. The van der Waals surface area contributed by atoms with E-state index < -0.39 is 0 Å². The molecular formula is C16H20N2O. The molecule has 0 radical (unpaired) electrons. The maximum atomic E-state index is 9.17. The predicted octanol–water partition coefficient (Wildman–Crippen LogP) is 3.70. The molecule has 3 heteroatoms. The average Bonchev–Trinajstić information content (AvgIpc) is 2.37. The molecule has 0 fully saturated rings. The Balaban J connectivity index is 1.98. The van der Waals surface area contributed by atoms with E-state index in [1.165, 1.54) is 11.8 Å². The Bertz CT molecular complexity index is 524. The van der Waals surface area contributed by atoms with Crippen LogP contribution in [0.3, 0.4) is 0 Å². The largest absolute Gasteiger partial charge is 0.506 e. The first-order valence-electron chi connectivity index (χ1n) is 6.43. The molecule has 0 unspecified atom stereocenters. The number of pyridine rings is 1. The summed E-state index contributed by atoms with van der Waals surface area (Å²) in [6, 6.07) is 11.9. The Kier molecular flexibility index (Phi) is 3.74. The Morgan fingerprint density at radius 1 is 1.05 bits per heavy atom. The van der Waals surface area contributed by atoms with Crippen molar-refractivity contribution in [3.8, 4) is 5.75 Å². The number of aromatic hydroxyl groups is 1. The zero-order valence-corrected chi connectivity index (χ0v) is 11.6. The van der Waals surface area contributed by atoms with Gasteiger partial charge in [0.2, 0.25) is 0 Å². The van der Waals surface area contributed by atoms with Crippen molar-refractivity contribution in [2.24, 2.45) is 0 Å². The summed E-state index contributed by atoms with van der Waals surface area (Å²) in [5.74, 6) is 0.193. The van der Waals surface area contributed by atoms with Crippen molar-refractivity contribution >= 4 is 5.69 Å². The molecule has 0 aliphatic carbocycles. The normalized spacial score (nSPS) is 11.3. The Labute approximate surface area is 114 Å². The van der Waals surface area contributed by atoms with Gasteiger partial charge in [0.1, 0.15) is 5.75 Å². The lowest BCUT2D eigenvalue weighted by molar-refractivity contribution is 0.472. The lowest BCUT2D eigenvalue weighted by Gasteiger charge is -2.19. The van der Waals surface area contributed by atoms with E-state index in [1.807, 2.05) is 6.07 Å². The first-order valence-corrected chi connectivity index (χ1v) is 6.43. The van der Waals surface area contributed by atoms with Gasteiger partial charge in [-0.1, -0.05) is 32.9 Å². The van der Waals surface area contributed by atoms with E-state index in [4.69, 9.17) is 5.11 Å². The number of nitrogens with zero attached hydrogens (tertiary/aromatic N) is 1. The van der Waals surface area contributed by atoms with E-state index in [-0.39, 0.29) is 11.2 Å². The van der Waals surface area contributed by atoms with Gasteiger partial charge in [-0.25, -0.2) is 0 Å². The third-order valence-electron chi connectivity index (χ3n) is 3.03. The van der Waals surface area contributed by atoms with Crippen LogP contribution in [-0.4, -0.2) is 10.1 Å². The predicted molar refractivity (Wildman–Crippen MR) is 78.4 cm³/mol. The molecule has 0 aliphatic heterocycles. The summed E-state index contributed by atoms with van der Waals surface area (Å²) in [5, 5.41) is 12.5. The van der Waals surface area contributed by atoms with Crippen molar-refractivity contribution in [3.05, 3.63) is 53.9 Å². The van der Waals surface area contributed by atoms with E-state index in [2.05, 4.69) is 55.3 Å². The second kappa shape index (κ2) is 5.31. The van der Waals surface area contributed by atoms with E-state index in [0.717, 1.165) is 11.4 Å². The minimum atomic E-state index is 0.178. The van der Waals surface area contributed by atoms with Crippen LogP contribution >= 0.6 is 0 Å². The third kappa shape index (κ3) is 3.71. The molecule has 1 heterocycles. The number of nitrogens with one attached hydrogen (secondary N) is 1. The van der Waals surface area contributed by atoms with Gasteiger partial charge < -0.3 is 10.4 Å². The smallest absolute Gasteiger partial charge is 0.133 e. The molecule has 0 aliphatic rings. The summed E-state index contributed by atoms with van der Waals surface area (Å²) in [5.41, 5.74) is 3.47. The summed E-state index contributed by atoms with van der Waals surface area (Å²) in [4.78, 5) is 4.14. The average molecular weight is 256 g/mol. The maximum absolute atomic E-state index is 9.17. The summed E-state index contributed by atoms with van der Waals surface area (Å²) in [7, 11) is 0. The number of rotatable bonds is 3. The fourth-order valence-corrected chi connectivity index (χ4v) is 1.80. The van der Waals surface area contributed by atoms with Crippen LogP contribution in [0.5, 0.6) is 5.75 Å². The van der Waals surface area contributed by atoms with Gasteiger partial charge in [-0.15, -0.1) is 0 Å². The monoisotopic (exact) mass is 256 g/mol. The van der Waals surface area contributed by atoms with Crippen LogP contribution in [0.1, 0.15) is 32.0 Å². The van der Waals surface area contributed by atoms with Crippen LogP contribution < -0.4 is 5.32 Å². The minimum Gasteiger partial charge on any atom is -0.506 e. The first-order chi connectivity index (χ1) is 8.95. The minimum absolute atomic E-state index is 0.178. The van der Waals surface area contributed by atoms with Gasteiger partial charge in [-0.05, 0) is 35.2 Å². The third-order valence-corrected chi connectivity index (χ3v) is 3.03.